The lowest BCUT2D eigenvalue weighted by Gasteiger charge is -2.45. The highest BCUT2D eigenvalue weighted by atomic mass is 15.1. The Kier molecular flexibility index (Phi) is 4.68. The molecule has 1 rings (SSSR count). The third-order valence-electron chi connectivity index (χ3n) is 3.53. The van der Waals surface area contributed by atoms with Gasteiger partial charge in [0.15, 0.2) is 5.96 Å². The highest BCUT2D eigenvalue weighted by Crippen LogP contribution is 2.45. The Hall–Kier alpha value is -0.730. The van der Waals surface area contributed by atoms with E-state index in [9.17, 15) is 0 Å². The van der Waals surface area contributed by atoms with E-state index in [1.54, 1.807) is 0 Å². The van der Waals surface area contributed by atoms with Crippen LogP contribution in [-0.4, -0.2) is 18.5 Å². The van der Waals surface area contributed by atoms with Crippen molar-refractivity contribution in [1.82, 2.24) is 5.32 Å². The lowest BCUT2D eigenvalue weighted by atomic mass is 9.63. The molecule has 18 heavy (non-hydrogen) atoms. The Bertz CT molecular complexity index is 287. The predicted octanol–water partition coefficient (Wildman–Crippen LogP) is 3.15. The van der Waals surface area contributed by atoms with Crippen LogP contribution in [0, 0.1) is 16.7 Å². The van der Waals surface area contributed by atoms with Crippen LogP contribution in [-0.2, 0) is 0 Å². The minimum Gasteiger partial charge on any atom is -0.370 e. The number of nitrogens with zero attached hydrogens (tertiary/aromatic N) is 1. The summed E-state index contributed by atoms with van der Waals surface area (Å²) < 4.78 is 0. The second-order valence-corrected chi connectivity index (χ2v) is 7.87. The van der Waals surface area contributed by atoms with Crippen LogP contribution >= 0.6 is 0 Å². The van der Waals surface area contributed by atoms with Crippen molar-refractivity contribution in [3.8, 4) is 0 Å². The van der Waals surface area contributed by atoms with Crippen molar-refractivity contribution in [2.75, 3.05) is 6.54 Å². The molecule has 0 bridgehead atoms. The second-order valence-electron chi connectivity index (χ2n) is 7.87. The van der Waals surface area contributed by atoms with Crippen molar-refractivity contribution in [2.24, 2.45) is 27.5 Å². The maximum absolute atomic E-state index is 5.97. The van der Waals surface area contributed by atoms with E-state index in [1.807, 2.05) is 0 Å². The van der Waals surface area contributed by atoms with E-state index in [-0.39, 0.29) is 0 Å². The fraction of sp³-hybridized carbons (Fsp3) is 0.933. The fourth-order valence-corrected chi connectivity index (χ4v) is 3.48. The molecule has 0 radical (unpaired) electrons. The highest BCUT2D eigenvalue weighted by molar-refractivity contribution is 5.78. The van der Waals surface area contributed by atoms with E-state index in [4.69, 9.17) is 5.73 Å². The van der Waals surface area contributed by atoms with Gasteiger partial charge in [-0.15, -0.1) is 0 Å². The monoisotopic (exact) mass is 253 g/mol. The van der Waals surface area contributed by atoms with E-state index in [0.29, 0.717) is 28.7 Å². The molecule has 1 aliphatic rings. The van der Waals surface area contributed by atoms with Crippen LogP contribution in [0.4, 0.5) is 0 Å². The van der Waals surface area contributed by atoms with Crippen LogP contribution in [0.15, 0.2) is 4.99 Å². The average Bonchev–Trinajstić information content (AvgIpc) is 2.09. The molecular weight excluding hydrogens is 222 g/mol. The summed E-state index contributed by atoms with van der Waals surface area (Å²) >= 11 is 0. The van der Waals surface area contributed by atoms with Crippen LogP contribution in [0.1, 0.15) is 60.8 Å². The first-order chi connectivity index (χ1) is 8.10. The number of aliphatic imine (C=N–C) groups is 1. The average molecular weight is 253 g/mol. The molecule has 0 atom stereocenters. The lowest BCUT2D eigenvalue weighted by molar-refractivity contribution is 0.0920. The van der Waals surface area contributed by atoms with Crippen molar-refractivity contribution in [1.29, 1.82) is 0 Å². The molecule has 0 spiro atoms. The third kappa shape index (κ3) is 5.28. The summed E-state index contributed by atoms with van der Waals surface area (Å²) in [4.78, 5) is 4.40. The molecule has 1 saturated carbocycles. The molecule has 0 aromatic carbocycles. The molecule has 0 saturated heterocycles. The first kappa shape index (κ1) is 15.3. The van der Waals surface area contributed by atoms with Crippen molar-refractivity contribution in [2.45, 2.75) is 66.8 Å². The van der Waals surface area contributed by atoms with Crippen LogP contribution < -0.4 is 11.1 Å². The van der Waals surface area contributed by atoms with E-state index in [2.05, 4.69) is 51.9 Å². The maximum Gasteiger partial charge on any atom is 0.188 e. The molecule has 106 valence electrons. The van der Waals surface area contributed by atoms with Crippen molar-refractivity contribution in [3.05, 3.63) is 0 Å². The van der Waals surface area contributed by atoms with Crippen LogP contribution in [0.3, 0.4) is 0 Å². The van der Waals surface area contributed by atoms with Gasteiger partial charge in [-0.05, 0) is 36.0 Å². The van der Waals surface area contributed by atoms with Gasteiger partial charge in [-0.25, -0.2) is 0 Å². The van der Waals surface area contributed by atoms with E-state index in [1.165, 1.54) is 19.3 Å². The van der Waals surface area contributed by atoms with Crippen molar-refractivity contribution < 1.29 is 0 Å². The number of hydrogen-bond acceptors (Lipinski definition) is 1. The smallest absolute Gasteiger partial charge is 0.188 e. The highest BCUT2D eigenvalue weighted by Gasteiger charge is 2.38. The molecule has 1 fully saturated rings. The normalized spacial score (nSPS) is 24.3. The molecule has 0 aromatic heterocycles. The Labute approximate surface area is 113 Å². The van der Waals surface area contributed by atoms with Gasteiger partial charge in [-0.1, -0.05) is 41.5 Å². The van der Waals surface area contributed by atoms with Crippen LogP contribution in [0.25, 0.3) is 0 Å². The molecule has 0 amide bonds. The SMILES string of the molecule is CC(C)CN=C(N)NC1CC(C)(C)CC(C)(C)C1. The zero-order valence-electron chi connectivity index (χ0n) is 13.0. The van der Waals surface area contributed by atoms with E-state index >= 15 is 0 Å². The van der Waals surface area contributed by atoms with Gasteiger partial charge in [0.1, 0.15) is 0 Å². The summed E-state index contributed by atoms with van der Waals surface area (Å²) in [6.45, 7) is 14.5. The Balaban J connectivity index is 2.59. The molecule has 0 aromatic rings. The Morgan fingerprint density at radius 2 is 1.72 bits per heavy atom. The van der Waals surface area contributed by atoms with Crippen molar-refractivity contribution >= 4 is 5.96 Å². The zero-order valence-corrected chi connectivity index (χ0v) is 13.0. The van der Waals surface area contributed by atoms with E-state index in [0.717, 1.165) is 6.54 Å². The summed E-state index contributed by atoms with van der Waals surface area (Å²) in [7, 11) is 0. The molecule has 0 aliphatic heterocycles. The molecular formula is C15H31N3. The number of rotatable bonds is 3. The number of nitrogens with one attached hydrogen (secondary N) is 1. The largest absolute Gasteiger partial charge is 0.370 e. The molecule has 1 aliphatic carbocycles. The summed E-state index contributed by atoms with van der Waals surface area (Å²) in [5, 5.41) is 3.41. The van der Waals surface area contributed by atoms with Crippen molar-refractivity contribution in [3.63, 3.8) is 0 Å². The maximum atomic E-state index is 5.97. The summed E-state index contributed by atoms with van der Waals surface area (Å²) in [6.07, 6.45) is 3.63. The molecule has 3 heteroatoms. The van der Waals surface area contributed by atoms with Gasteiger partial charge < -0.3 is 11.1 Å². The van der Waals surface area contributed by atoms with Gasteiger partial charge in [0.25, 0.3) is 0 Å². The molecule has 0 unspecified atom stereocenters. The van der Waals surface area contributed by atoms with Gasteiger partial charge in [-0.2, -0.15) is 0 Å². The van der Waals surface area contributed by atoms with Gasteiger partial charge in [0.05, 0.1) is 0 Å². The zero-order chi connectivity index (χ0) is 14.0. The molecule has 0 heterocycles. The number of hydrogen-bond donors (Lipinski definition) is 2. The first-order valence-corrected chi connectivity index (χ1v) is 7.16. The molecule has 3 N–H and O–H groups in total. The number of nitrogens with two attached hydrogens (primary N) is 1. The summed E-state index contributed by atoms with van der Waals surface area (Å²) in [5.41, 5.74) is 6.74. The van der Waals surface area contributed by atoms with Gasteiger partial charge in [-0.3, -0.25) is 4.99 Å². The first-order valence-electron chi connectivity index (χ1n) is 7.16. The minimum atomic E-state index is 0.387. The summed E-state index contributed by atoms with van der Waals surface area (Å²) in [5.74, 6) is 1.17. The Morgan fingerprint density at radius 3 is 2.17 bits per heavy atom. The van der Waals surface area contributed by atoms with Gasteiger partial charge in [0, 0.05) is 12.6 Å². The second kappa shape index (κ2) is 5.50. The van der Waals surface area contributed by atoms with Gasteiger partial charge >= 0.3 is 0 Å². The minimum absolute atomic E-state index is 0.387. The fourth-order valence-electron chi connectivity index (χ4n) is 3.48. The van der Waals surface area contributed by atoms with E-state index < -0.39 is 0 Å². The quantitative estimate of drug-likeness (QED) is 0.599. The number of guanidine groups is 1. The molecule has 3 nitrogen and oxygen atoms in total. The van der Waals surface area contributed by atoms with Gasteiger partial charge in [0.2, 0.25) is 0 Å². The predicted molar refractivity (Wildman–Crippen MR) is 79.7 cm³/mol. The van der Waals surface area contributed by atoms with Crippen LogP contribution in [0.5, 0.6) is 0 Å². The summed E-state index contributed by atoms with van der Waals surface area (Å²) in [6, 6.07) is 0.458. The standard InChI is InChI=1S/C15H31N3/c1-11(2)9-17-13(16)18-12-7-14(3,4)10-15(5,6)8-12/h11-12H,7-10H2,1-6H3,(H3,16,17,18). The third-order valence-corrected chi connectivity index (χ3v) is 3.53. The topological polar surface area (TPSA) is 50.4 Å². The lowest BCUT2D eigenvalue weighted by Crippen LogP contribution is -2.48. The van der Waals surface area contributed by atoms with Crippen LogP contribution in [0.2, 0.25) is 0 Å². The Morgan fingerprint density at radius 1 is 1.22 bits per heavy atom.